The molecule has 0 aromatic rings. The van der Waals surface area contributed by atoms with Crippen molar-refractivity contribution in [1.82, 2.24) is 5.32 Å². The highest BCUT2D eigenvalue weighted by atomic mass is 16.7. The third-order valence-corrected chi connectivity index (χ3v) is 14.8. The number of aliphatic hydroxyl groups is 5. The lowest BCUT2D eigenvalue weighted by molar-refractivity contribution is -0.305. The first-order chi connectivity index (χ1) is 37.7. The minimum Gasteiger partial charge on any atom is -0.454 e. The number of unbranched alkanes of at least 4 members (excludes halogenated alkanes) is 33. The second-order valence-electron chi connectivity index (χ2n) is 21.9. The van der Waals surface area contributed by atoms with Crippen molar-refractivity contribution in [3.8, 4) is 0 Å². The molecule has 77 heavy (non-hydrogen) atoms. The molecule has 0 bridgehead atoms. The van der Waals surface area contributed by atoms with Crippen LogP contribution < -0.4 is 5.32 Å². The second-order valence-corrected chi connectivity index (χ2v) is 21.9. The first kappa shape index (κ1) is 72.1. The molecule has 446 valence electrons. The minimum absolute atomic E-state index is 0.0729. The van der Waals surface area contributed by atoms with Crippen LogP contribution in [0, 0.1) is 0 Å². The largest absolute Gasteiger partial charge is 0.454 e. The Morgan fingerprint density at radius 2 is 0.935 bits per heavy atom. The van der Waals surface area contributed by atoms with Crippen molar-refractivity contribution in [3.05, 3.63) is 72.9 Å². The molecule has 1 aliphatic rings. The number of carbonyl (C=O) groups is 2. The average Bonchev–Trinajstić information content (AvgIpc) is 3.43. The first-order valence-electron chi connectivity index (χ1n) is 31.8. The van der Waals surface area contributed by atoms with Crippen LogP contribution in [0.3, 0.4) is 0 Å². The maximum absolute atomic E-state index is 13.4. The van der Waals surface area contributed by atoms with Gasteiger partial charge in [0, 0.05) is 6.42 Å². The molecule has 0 spiro atoms. The number of esters is 1. The Morgan fingerprint density at radius 1 is 0.519 bits per heavy atom. The van der Waals surface area contributed by atoms with Gasteiger partial charge in [0.1, 0.15) is 24.4 Å². The number of rotatable bonds is 53. The van der Waals surface area contributed by atoms with Crippen molar-refractivity contribution >= 4 is 11.9 Å². The van der Waals surface area contributed by atoms with Crippen LogP contribution in [0.15, 0.2) is 72.9 Å². The lowest BCUT2D eigenvalue weighted by Gasteiger charge is -2.41. The number of ether oxygens (including phenoxy) is 3. The predicted octanol–water partition coefficient (Wildman–Crippen LogP) is 15.2. The van der Waals surface area contributed by atoms with Gasteiger partial charge in [-0.3, -0.25) is 9.59 Å². The molecular formula is C66H117NO10. The summed E-state index contributed by atoms with van der Waals surface area (Å²) in [5.41, 5.74) is 0. The average molecular weight is 1080 g/mol. The van der Waals surface area contributed by atoms with Gasteiger partial charge in [0.15, 0.2) is 12.4 Å². The third-order valence-electron chi connectivity index (χ3n) is 14.8. The monoisotopic (exact) mass is 1080 g/mol. The molecular weight excluding hydrogens is 967 g/mol. The number of hydrogen-bond acceptors (Lipinski definition) is 10. The fraction of sp³-hybridized carbons (Fsp3) is 0.788. The van der Waals surface area contributed by atoms with Gasteiger partial charge in [-0.05, 0) is 44.9 Å². The van der Waals surface area contributed by atoms with Crippen molar-refractivity contribution in [2.45, 2.75) is 320 Å². The summed E-state index contributed by atoms with van der Waals surface area (Å²) >= 11 is 0. The van der Waals surface area contributed by atoms with Crippen LogP contribution in [0.4, 0.5) is 0 Å². The number of nitrogens with one attached hydrogen (secondary N) is 1. The Morgan fingerprint density at radius 3 is 1.40 bits per heavy atom. The summed E-state index contributed by atoms with van der Waals surface area (Å²) in [6.07, 6.45) is 58.1. The van der Waals surface area contributed by atoms with Gasteiger partial charge in [0.25, 0.3) is 0 Å². The zero-order valence-electron chi connectivity index (χ0n) is 49.3. The Labute approximate surface area is 471 Å². The van der Waals surface area contributed by atoms with Gasteiger partial charge in [0.2, 0.25) is 5.91 Å². The molecule has 0 radical (unpaired) electrons. The lowest BCUT2D eigenvalue weighted by atomic mass is 9.99. The molecule has 1 saturated heterocycles. The van der Waals surface area contributed by atoms with Crippen LogP contribution in [-0.4, -0.2) is 99.6 Å². The number of carbonyl (C=O) groups excluding carboxylic acids is 2. The topological polar surface area (TPSA) is 175 Å². The van der Waals surface area contributed by atoms with Gasteiger partial charge in [-0.2, -0.15) is 0 Å². The standard InChI is InChI=1S/C66H117NO10/c1-4-7-10-13-16-19-22-24-26-27-28-29-30-31-32-34-35-38-41-44-47-50-53-59(70)65(74)67-57(58(69)52-49-46-43-40-37-21-18-15-12-9-6-3)56-75-66-64(63(73)62(72)60(55-68)76-66)77-61(71)54-51-48-45-42-39-36-33-25-23-20-17-14-11-8-5-2/h8,11,14,17,20,23,25,33,36,39,49,52,57-60,62-64,66,68-70,72-73H,4-7,9-10,12-13,15-16,18-19,21-22,24,26-32,34-35,37-38,40-48,50-51,53-56H2,1-3H3,(H,67,74)/b11-8+,17-14+,23-20-,33-25-,39-36+,52-49+. The van der Waals surface area contributed by atoms with Crippen LogP contribution in [0.2, 0.25) is 0 Å². The van der Waals surface area contributed by atoms with E-state index in [-0.39, 0.29) is 19.4 Å². The zero-order valence-corrected chi connectivity index (χ0v) is 49.3. The maximum atomic E-state index is 13.4. The molecule has 0 aromatic carbocycles. The van der Waals surface area contributed by atoms with Gasteiger partial charge in [-0.15, -0.1) is 0 Å². The van der Waals surface area contributed by atoms with E-state index < -0.39 is 67.4 Å². The van der Waals surface area contributed by atoms with E-state index in [9.17, 15) is 35.1 Å². The maximum Gasteiger partial charge on any atom is 0.306 e. The van der Waals surface area contributed by atoms with E-state index in [1.807, 2.05) is 54.7 Å². The van der Waals surface area contributed by atoms with Crippen molar-refractivity contribution < 1.29 is 49.3 Å². The molecule has 0 aromatic heterocycles. The fourth-order valence-electron chi connectivity index (χ4n) is 9.73. The van der Waals surface area contributed by atoms with E-state index in [2.05, 4.69) is 38.2 Å². The van der Waals surface area contributed by atoms with Gasteiger partial charge < -0.3 is 45.1 Å². The summed E-state index contributed by atoms with van der Waals surface area (Å²) < 4.78 is 17.6. The number of aliphatic hydroxyl groups excluding tert-OH is 5. The second kappa shape index (κ2) is 53.7. The summed E-state index contributed by atoms with van der Waals surface area (Å²) in [6, 6.07) is -1.03. The van der Waals surface area contributed by atoms with Gasteiger partial charge in [-0.1, -0.05) is 293 Å². The van der Waals surface area contributed by atoms with Crippen LogP contribution >= 0.6 is 0 Å². The molecule has 8 atom stereocenters. The molecule has 0 saturated carbocycles. The summed E-state index contributed by atoms with van der Waals surface area (Å²) in [5, 5.41) is 56.9. The minimum atomic E-state index is -1.63. The number of hydrogen-bond donors (Lipinski definition) is 6. The molecule has 11 heteroatoms. The van der Waals surface area contributed by atoms with Crippen molar-refractivity contribution in [1.29, 1.82) is 0 Å². The highest BCUT2D eigenvalue weighted by molar-refractivity contribution is 5.80. The number of allylic oxidation sites excluding steroid dienone is 11. The highest BCUT2D eigenvalue weighted by Gasteiger charge is 2.47. The molecule has 8 unspecified atom stereocenters. The molecule has 1 aliphatic heterocycles. The van der Waals surface area contributed by atoms with E-state index >= 15 is 0 Å². The van der Waals surface area contributed by atoms with Gasteiger partial charge >= 0.3 is 5.97 Å². The Bertz CT molecular complexity index is 1530. The summed E-state index contributed by atoms with van der Waals surface area (Å²) in [6.45, 7) is 5.63. The molecule has 11 nitrogen and oxygen atoms in total. The smallest absolute Gasteiger partial charge is 0.306 e. The Balaban J connectivity index is 2.64. The molecule has 0 aliphatic carbocycles. The SMILES string of the molecule is CC/C=C/C=C/C=C\C=C/C=C/CCCCCC(=O)OC1C(OCC(NC(=O)C(O)CCCCCCCCCCCCCCCCCCCCCCCC)C(O)/C=C/CCCCCCCCCCC)OC(CO)C(O)C1O. The molecule has 1 rings (SSSR count). The van der Waals surface area contributed by atoms with Crippen LogP contribution in [0.25, 0.3) is 0 Å². The van der Waals surface area contributed by atoms with E-state index in [1.54, 1.807) is 6.08 Å². The molecule has 1 heterocycles. The quantitative estimate of drug-likeness (QED) is 0.0149. The predicted molar refractivity (Wildman–Crippen MR) is 319 cm³/mol. The lowest BCUT2D eigenvalue weighted by Crippen LogP contribution is -2.61. The van der Waals surface area contributed by atoms with Crippen LogP contribution in [-0.2, 0) is 23.8 Å². The van der Waals surface area contributed by atoms with Gasteiger partial charge in [0.05, 0.1) is 25.4 Å². The summed E-state index contributed by atoms with van der Waals surface area (Å²) in [5.74, 6) is -1.23. The van der Waals surface area contributed by atoms with E-state index in [0.717, 1.165) is 64.2 Å². The summed E-state index contributed by atoms with van der Waals surface area (Å²) in [4.78, 5) is 26.5. The van der Waals surface area contributed by atoms with E-state index in [4.69, 9.17) is 14.2 Å². The molecule has 6 N–H and O–H groups in total. The van der Waals surface area contributed by atoms with E-state index in [0.29, 0.717) is 12.8 Å². The fourth-order valence-corrected chi connectivity index (χ4v) is 9.73. The third kappa shape index (κ3) is 41.7. The summed E-state index contributed by atoms with van der Waals surface area (Å²) in [7, 11) is 0. The van der Waals surface area contributed by atoms with Crippen molar-refractivity contribution in [2.75, 3.05) is 13.2 Å². The first-order valence-corrected chi connectivity index (χ1v) is 31.8. The number of amides is 1. The Hall–Kier alpha value is -2.90. The highest BCUT2D eigenvalue weighted by Crippen LogP contribution is 2.26. The molecule has 1 amide bonds. The van der Waals surface area contributed by atoms with E-state index in [1.165, 1.54) is 161 Å². The molecule has 1 fully saturated rings. The van der Waals surface area contributed by atoms with Gasteiger partial charge in [-0.25, -0.2) is 0 Å². The van der Waals surface area contributed by atoms with Crippen molar-refractivity contribution in [3.63, 3.8) is 0 Å². The van der Waals surface area contributed by atoms with Crippen molar-refractivity contribution in [2.24, 2.45) is 0 Å². The zero-order chi connectivity index (χ0) is 56.1. The van der Waals surface area contributed by atoms with Crippen LogP contribution in [0.5, 0.6) is 0 Å². The normalized spacial score (nSPS) is 19.5. The van der Waals surface area contributed by atoms with Crippen LogP contribution in [0.1, 0.15) is 271 Å². The Kier molecular flexibility index (Phi) is 50.3.